The standard InChI is InChI=1S/C17H17F2N3O2/c1-11(23)21-13-7-5-12(6-8-13)20-10-9-16(24)22-17-14(18)3-2-4-15(17)19/h2-8,20H,9-10H2,1H3,(H,21,23)(H,22,24). The van der Waals surface area contributed by atoms with Crippen molar-refractivity contribution in [1.82, 2.24) is 0 Å². The van der Waals surface area contributed by atoms with Gasteiger partial charge in [-0.2, -0.15) is 0 Å². The fourth-order valence-corrected chi connectivity index (χ4v) is 2.01. The van der Waals surface area contributed by atoms with E-state index in [0.717, 1.165) is 17.8 Å². The summed E-state index contributed by atoms with van der Waals surface area (Å²) in [6.07, 6.45) is 0.0429. The maximum atomic E-state index is 13.4. The number of rotatable bonds is 6. The topological polar surface area (TPSA) is 70.2 Å². The van der Waals surface area contributed by atoms with Crippen LogP contribution < -0.4 is 16.0 Å². The first-order valence-electron chi connectivity index (χ1n) is 7.31. The Morgan fingerprint density at radius 1 is 0.917 bits per heavy atom. The minimum absolute atomic E-state index is 0.0429. The lowest BCUT2D eigenvalue weighted by molar-refractivity contribution is -0.116. The number of hydrogen-bond donors (Lipinski definition) is 3. The fraction of sp³-hybridized carbons (Fsp3) is 0.176. The first-order valence-corrected chi connectivity index (χ1v) is 7.31. The van der Waals surface area contributed by atoms with E-state index in [1.54, 1.807) is 24.3 Å². The van der Waals surface area contributed by atoms with Gasteiger partial charge in [0.2, 0.25) is 11.8 Å². The average Bonchev–Trinajstić information content (AvgIpc) is 2.52. The molecule has 0 heterocycles. The Morgan fingerprint density at radius 3 is 2.08 bits per heavy atom. The maximum absolute atomic E-state index is 13.4. The monoisotopic (exact) mass is 333 g/mol. The molecule has 0 aliphatic heterocycles. The maximum Gasteiger partial charge on any atom is 0.226 e. The van der Waals surface area contributed by atoms with Gasteiger partial charge in [0, 0.05) is 31.3 Å². The molecule has 0 aliphatic carbocycles. The van der Waals surface area contributed by atoms with Crippen LogP contribution in [0.3, 0.4) is 0 Å². The number of benzene rings is 2. The molecule has 2 aromatic carbocycles. The van der Waals surface area contributed by atoms with E-state index in [1.165, 1.54) is 13.0 Å². The normalized spacial score (nSPS) is 10.1. The lowest BCUT2D eigenvalue weighted by Crippen LogP contribution is -2.17. The molecule has 0 saturated carbocycles. The predicted molar refractivity (Wildman–Crippen MR) is 88.8 cm³/mol. The zero-order chi connectivity index (χ0) is 17.5. The molecule has 0 atom stereocenters. The van der Waals surface area contributed by atoms with Crippen LogP contribution in [-0.2, 0) is 9.59 Å². The molecule has 0 bridgehead atoms. The molecule has 0 spiro atoms. The summed E-state index contributed by atoms with van der Waals surface area (Å²) >= 11 is 0. The molecule has 0 radical (unpaired) electrons. The van der Waals surface area contributed by atoms with E-state index in [9.17, 15) is 18.4 Å². The third-order valence-corrected chi connectivity index (χ3v) is 3.11. The van der Waals surface area contributed by atoms with E-state index >= 15 is 0 Å². The third kappa shape index (κ3) is 5.05. The number of para-hydroxylation sites is 1. The molecule has 0 fully saturated rings. The lowest BCUT2D eigenvalue weighted by Gasteiger charge is -2.09. The van der Waals surface area contributed by atoms with E-state index in [1.807, 2.05) is 0 Å². The molecule has 126 valence electrons. The smallest absolute Gasteiger partial charge is 0.226 e. The Labute approximate surface area is 138 Å². The van der Waals surface area contributed by atoms with Crippen molar-refractivity contribution in [2.75, 3.05) is 22.5 Å². The van der Waals surface area contributed by atoms with Gasteiger partial charge < -0.3 is 16.0 Å². The summed E-state index contributed by atoms with van der Waals surface area (Å²) in [5.41, 5.74) is 0.983. The van der Waals surface area contributed by atoms with E-state index in [2.05, 4.69) is 16.0 Å². The molecule has 0 saturated heterocycles. The van der Waals surface area contributed by atoms with E-state index < -0.39 is 23.2 Å². The van der Waals surface area contributed by atoms with Crippen molar-refractivity contribution in [2.24, 2.45) is 0 Å². The van der Waals surface area contributed by atoms with Crippen LogP contribution in [0.1, 0.15) is 13.3 Å². The first-order chi connectivity index (χ1) is 11.5. The molecule has 0 aliphatic rings. The number of carbonyl (C=O) groups is 2. The van der Waals surface area contributed by atoms with Crippen molar-refractivity contribution in [2.45, 2.75) is 13.3 Å². The van der Waals surface area contributed by atoms with Crippen molar-refractivity contribution in [3.05, 3.63) is 54.1 Å². The Morgan fingerprint density at radius 2 is 1.50 bits per heavy atom. The quantitative estimate of drug-likeness (QED) is 0.759. The zero-order valence-corrected chi connectivity index (χ0v) is 13.0. The molecule has 0 aromatic heterocycles. The molecule has 2 amide bonds. The summed E-state index contributed by atoms with van der Waals surface area (Å²) in [4.78, 5) is 22.7. The van der Waals surface area contributed by atoms with Gasteiger partial charge in [0.15, 0.2) is 0 Å². The second-order valence-electron chi connectivity index (χ2n) is 5.08. The van der Waals surface area contributed by atoms with Crippen molar-refractivity contribution < 1.29 is 18.4 Å². The van der Waals surface area contributed by atoms with E-state index in [0.29, 0.717) is 12.2 Å². The van der Waals surface area contributed by atoms with Crippen LogP contribution in [0.2, 0.25) is 0 Å². The van der Waals surface area contributed by atoms with Crippen LogP contribution >= 0.6 is 0 Å². The Hall–Kier alpha value is -2.96. The largest absolute Gasteiger partial charge is 0.385 e. The highest BCUT2D eigenvalue weighted by Crippen LogP contribution is 2.18. The molecular formula is C17H17F2N3O2. The minimum atomic E-state index is -0.815. The lowest BCUT2D eigenvalue weighted by atomic mass is 10.2. The molecule has 24 heavy (non-hydrogen) atoms. The SMILES string of the molecule is CC(=O)Nc1ccc(NCCC(=O)Nc2c(F)cccc2F)cc1. The summed E-state index contributed by atoms with van der Waals surface area (Å²) in [6.45, 7) is 1.71. The molecule has 3 N–H and O–H groups in total. The van der Waals surface area contributed by atoms with Crippen LogP contribution in [0.25, 0.3) is 0 Å². The van der Waals surface area contributed by atoms with Gasteiger partial charge in [-0.25, -0.2) is 8.78 Å². The van der Waals surface area contributed by atoms with Crippen molar-refractivity contribution in [3.8, 4) is 0 Å². The van der Waals surface area contributed by atoms with Crippen molar-refractivity contribution in [3.63, 3.8) is 0 Å². The van der Waals surface area contributed by atoms with Gasteiger partial charge in [-0.3, -0.25) is 9.59 Å². The Kier molecular flexibility index (Phi) is 5.83. The van der Waals surface area contributed by atoms with Gasteiger partial charge in [-0.1, -0.05) is 6.07 Å². The molecule has 5 nitrogen and oxygen atoms in total. The van der Waals surface area contributed by atoms with Gasteiger partial charge in [-0.05, 0) is 36.4 Å². The highest BCUT2D eigenvalue weighted by atomic mass is 19.1. The highest BCUT2D eigenvalue weighted by molar-refractivity contribution is 5.91. The Balaban J connectivity index is 1.81. The number of halogens is 2. The summed E-state index contributed by atoms with van der Waals surface area (Å²) in [7, 11) is 0. The summed E-state index contributed by atoms with van der Waals surface area (Å²) in [6, 6.07) is 10.3. The van der Waals surface area contributed by atoms with Crippen LogP contribution in [0.4, 0.5) is 25.8 Å². The molecule has 2 aromatic rings. The number of amides is 2. The van der Waals surface area contributed by atoms with Gasteiger partial charge in [0.1, 0.15) is 17.3 Å². The summed E-state index contributed by atoms with van der Waals surface area (Å²) < 4.78 is 26.9. The van der Waals surface area contributed by atoms with E-state index in [4.69, 9.17) is 0 Å². The fourth-order valence-electron chi connectivity index (χ4n) is 2.01. The van der Waals surface area contributed by atoms with Gasteiger partial charge in [0.25, 0.3) is 0 Å². The van der Waals surface area contributed by atoms with Crippen LogP contribution in [0, 0.1) is 11.6 Å². The van der Waals surface area contributed by atoms with Crippen molar-refractivity contribution in [1.29, 1.82) is 0 Å². The van der Waals surface area contributed by atoms with Crippen LogP contribution in [0.15, 0.2) is 42.5 Å². The predicted octanol–water partition coefficient (Wildman–Crippen LogP) is 3.36. The number of carbonyl (C=O) groups excluding carboxylic acids is 2. The van der Waals surface area contributed by atoms with Gasteiger partial charge in [-0.15, -0.1) is 0 Å². The van der Waals surface area contributed by atoms with Gasteiger partial charge in [0.05, 0.1) is 0 Å². The Bertz CT molecular complexity index is 713. The third-order valence-electron chi connectivity index (χ3n) is 3.11. The second kappa shape index (κ2) is 8.05. The number of anilines is 3. The molecule has 7 heteroatoms. The number of hydrogen-bond acceptors (Lipinski definition) is 3. The summed E-state index contributed by atoms with van der Waals surface area (Å²) in [5, 5.41) is 7.87. The second-order valence-corrected chi connectivity index (χ2v) is 5.08. The molecule has 0 unspecified atom stereocenters. The van der Waals surface area contributed by atoms with Crippen LogP contribution in [0.5, 0.6) is 0 Å². The van der Waals surface area contributed by atoms with Crippen molar-refractivity contribution >= 4 is 28.9 Å². The first kappa shape index (κ1) is 17.4. The summed E-state index contributed by atoms with van der Waals surface area (Å²) in [5.74, 6) is -2.29. The van der Waals surface area contributed by atoms with E-state index in [-0.39, 0.29) is 12.3 Å². The minimum Gasteiger partial charge on any atom is -0.385 e. The molecule has 2 rings (SSSR count). The van der Waals surface area contributed by atoms with Crippen LogP contribution in [-0.4, -0.2) is 18.4 Å². The number of nitrogens with one attached hydrogen (secondary N) is 3. The molecular weight excluding hydrogens is 316 g/mol. The average molecular weight is 333 g/mol. The zero-order valence-electron chi connectivity index (χ0n) is 13.0. The van der Waals surface area contributed by atoms with Gasteiger partial charge >= 0.3 is 0 Å². The highest BCUT2D eigenvalue weighted by Gasteiger charge is 2.11.